The fourth-order valence-electron chi connectivity index (χ4n) is 1.96. The summed E-state index contributed by atoms with van der Waals surface area (Å²) >= 11 is 7.36. The largest absolute Gasteiger partial charge is 0.484 e. The summed E-state index contributed by atoms with van der Waals surface area (Å²) in [5.74, 6) is 1.15. The van der Waals surface area contributed by atoms with Crippen molar-refractivity contribution in [2.24, 2.45) is 0 Å². The molecule has 1 unspecified atom stereocenters. The van der Waals surface area contributed by atoms with Gasteiger partial charge < -0.3 is 9.15 Å². The van der Waals surface area contributed by atoms with Crippen molar-refractivity contribution in [3.05, 3.63) is 71.1 Å². The fraction of sp³-hybridized carbons (Fsp3) is 0.176. The number of benzene rings is 2. The van der Waals surface area contributed by atoms with Crippen LogP contribution in [0.25, 0.3) is 0 Å². The Kier molecular flexibility index (Phi) is 5.20. The molecule has 118 valence electrons. The highest BCUT2D eigenvalue weighted by Gasteiger charge is 2.13. The smallest absolute Gasteiger partial charge is 0.277 e. The fourth-order valence-corrected chi connectivity index (χ4v) is 2.92. The molecule has 0 amide bonds. The van der Waals surface area contributed by atoms with Crippen molar-refractivity contribution in [2.45, 2.75) is 24.0 Å². The maximum atomic E-state index is 5.83. The van der Waals surface area contributed by atoms with E-state index in [1.54, 1.807) is 24.3 Å². The molecule has 0 radical (unpaired) electrons. The first-order chi connectivity index (χ1) is 11.2. The minimum absolute atomic E-state index is 0.231. The number of rotatable bonds is 6. The molecule has 1 atom stereocenters. The summed E-state index contributed by atoms with van der Waals surface area (Å²) in [7, 11) is 0. The number of aromatic nitrogens is 2. The second-order valence-corrected chi connectivity index (χ2v) is 6.60. The predicted octanol–water partition coefficient (Wildman–Crippen LogP) is 5.16. The highest BCUT2D eigenvalue weighted by atomic mass is 35.5. The quantitative estimate of drug-likeness (QED) is 0.577. The first-order valence-corrected chi connectivity index (χ1v) is 8.39. The van der Waals surface area contributed by atoms with E-state index in [1.165, 1.54) is 17.3 Å². The van der Waals surface area contributed by atoms with Crippen LogP contribution in [0.3, 0.4) is 0 Å². The normalized spacial score (nSPS) is 12.1. The molecule has 4 nitrogen and oxygen atoms in total. The molecule has 1 heterocycles. The summed E-state index contributed by atoms with van der Waals surface area (Å²) in [6.45, 7) is 2.34. The first kappa shape index (κ1) is 15.9. The minimum Gasteiger partial charge on any atom is -0.484 e. The van der Waals surface area contributed by atoms with Crippen molar-refractivity contribution in [1.29, 1.82) is 0 Å². The van der Waals surface area contributed by atoms with Crippen molar-refractivity contribution in [3.8, 4) is 5.75 Å². The molecule has 0 bridgehead atoms. The predicted molar refractivity (Wildman–Crippen MR) is 90.8 cm³/mol. The van der Waals surface area contributed by atoms with Gasteiger partial charge in [0.2, 0.25) is 0 Å². The van der Waals surface area contributed by atoms with Gasteiger partial charge in [-0.2, -0.15) is 0 Å². The Morgan fingerprint density at radius 3 is 2.57 bits per heavy atom. The summed E-state index contributed by atoms with van der Waals surface area (Å²) in [4.78, 5) is 0. The lowest BCUT2D eigenvalue weighted by Gasteiger charge is -2.07. The van der Waals surface area contributed by atoms with E-state index >= 15 is 0 Å². The van der Waals surface area contributed by atoms with E-state index in [4.69, 9.17) is 20.8 Å². The van der Waals surface area contributed by atoms with Crippen LogP contribution < -0.4 is 4.74 Å². The Morgan fingerprint density at radius 1 is 1.09 bits per heavy atom. The Labute approximate surface area is 143 Å². The Bertz CT molecular complexity index is 747. The van der Waals surface area contributed by atoms with Crippen LogP contribution in [0, 0.1) is 0 Å². The summed E-state index contributed by atoms with van der Waals surface area (Å²) in [6.07, 6.45) is 0. The summed E-state index contributed by atoms with van der Waals surface area (Å²) in [5.41, 5.74) is 1.22. The van der Waals surface area contributed by atoms with Gasteiger partial charge in [-0.1, -0.05) is 53.7 Å². The van der Waals surface area contributed by atoms with Gasteiger partial charge in [0.15, 0.2) is 6.61 Å². The highest BCUT2D eigenvalue weighted by Crippen LogP contribution is 2.33. The third-order valence-electron chi connectivity index (χ3n) is 3.17. The topological polar surface area (TPSA) is 48.2 Å². The molecule has 0 spiro atoms. The van der Waals surface area contributed by atoms with Crippen molar-refractivity contribution in [2.75, 3.05) is 0 Å². The van der Waals surface area contributed by atoms with Crippen molar-refractivity contribution in [1.82, 2.24) is 10.2 Å². The first-order valence-electron chi connectivity index (χ1n) is 7.13. The Morgan fingerprint density at radius 2 is 1.83 bits per heavy atom. The van der Waals surface area contributed by atoms with Gasteiger partial charge in [0.1, 0.15) is 5.75 Å². The third-order valence-corrected chi connectivity index (χ3v) is 4.42. The van der Waals surface area contributed by atoms with E-state index in [9.17, 15) is 0 Å². The lowest BCUT2D eigenvalue weighted by molar-refractivity contribution is 0.252. The van der Waals surface area contributed by atoms with Crippen LogP contribution in [-0.2, 0) is 6.61 Å². The van der Waals surface area contributed by atoms with Crippen LogP contribution in [0.15, 0.2) is 64.2 Å². The van der Waals surface area contributed by atoms with Gasteiger partial charge in [-0.25, -0.2) is 0 Å². The molecule has 1 aromatic heterocycles. The second kappa shape index (κ2) is 7.53. The molecule has 3 rings (SSSR count). The zero-order chi connectivity index (χ0) is 16.1. The Hall–Kier alpha value is -1.98. The van der Waals surface area contributed by atoms with Gasteiger partial charge in [0.25, 0.3) is 11.1 Å². The summed E-state index contributed by atoms with van der Waals surface area (Å²) in [6, 6.07) is 17.3. The molecule has 0 fully saturated rings. The molecule has 3 aromatic rings. The standard InChI is InChI=1S/C17H15ClN2O2S/c1-12(13-5-3-2-4-6-13)23-17-20-19-16(22-17)11-21-15-9-7-14(18)8-10-15/h2-10,12H,11H2,1H3. The Balaban J connectivity index is 1.56. The summed E-state index contributed by atoms with van der Waals surface area (Å²) in [5, 5.41) is 9.51. The molecule has 6 heteroatoms. The molecule has 0 N–H and O–H groups in total. The number of halogens is 1. The molecule has 2 aromatic carbocycles. The van der Waals surface area contributed by atoms with Gasteiger partial charge >= 0.3 is 0 Å². The molecular formula is C17H15ClN2O2S. The maximum Gasteiger partial charge on any atom is 0.277 e. The van der Waals surface area contributed by atoms with Crippen LogP contribution in [0.2, 0.25) is 5.02 Å². The maximum absolute atomic E-state index is 5.83. The number of ether oxygens (including phenoxy) is 1. The highest BCUT2D eigenvalue weighted by molar-refractivity contribution is 7.99. The van der Waals surface area contributed by atoms with E-state index in [-0.39, 0.29) is 11.9 Å². The molecule has 0 aliphatic rings. The van der Waals surface area contributed by atoms with Gasteiger partial charge in [-0.05, 0) is 36.8 Å². The monoisotopic (exact) mass is 346 g/mol. The number of thioether (sulfide) groups is 1. The molecular weight excluding hydrogens is 332 g/mol. The zero-order valence-electron chi connectivity index (χ0n) is 12.5. The van der Waals surface area contributed by atoms with Gasteiger partial charge in [-0.15, -0.1) is 10.2 Å². The SMILES string of the molecule is CC(Sc1nnc(COc2ccc(Cl)cc2)o1)c1ccccc1. The summed E-state index contributed by atoms with van der Waals surface area (Å²) < 4.78 is 11.2. The molecule has 0 saturated heterocycles. The van der Waals surface area contributed by atoms with E-state index < -0.39 is 0 Å². The number of nitrogens with zero attached hydrogens (tertiary/aromatic N) is 2. The number of hydrogen-bond acceptors (Lipinski definition) is 5. The average molecular weight is 347 g/mol. The van der Waals surface area contributed by atoms with Crippen LogP contribution in [0.5, 0.6) is 5.75 Å². The molecule has 0 aliphatic heterocycles. The third kappa shape index (κ3) is 4.50. The van der Waals surface area contributed by atoms with E-state index in [2.05, 4.69) is 29.3 Å². The molecule has 0 aliphatic carbocycles. The van der Waals surface area contributed by atoms with E-state index in [0.717, 1.165) is 0 Å². The van der Waals surface area contributed by atoms with Crippen LogP contribution >= 0.6 is 23.4 Å². The lowest BCUT2D eigenvalue weighted by atomic mass is 10.2. The van der Waals surface area contributed by atoms with Crippen LogP contribution in [-0.4, -0.2) is 10.2 Å². The minimum atomic E-state index is 0.231. The molecule has 23 heavy (non-hydrogen) atoms. The van der Waals surface area contributed by atoms with Crippen LogP contribution in [0.4, 0.5) is 0 Å². The van der Waals surface area contributed by atoms with Gasteiger partial charge in [0, 0.05) is 10.3 Å². The zero-order valence-corrected chi connectivity index (χ0v) is 14.1. The average Bonchev–Trinajstić information content (AvgIpc) is 3.02. The van der Waals surface area contributed by atoms with E-state index in [0.29, 0.717) is 21.9 Å². The van der Waals surface area contributed by atoms with Gasteiger partial charge in [-0.3, -0.25) is 0 Å². The van der Waals surface area contributed by atoms with Crippen molar-refractivity contribution in [3.63, 3.8) is 0 Å². The van der Waals surface area contributed by atoms with E-state index in [1.807, 2.05) is 18.2 Å². The van der Waals surface area contributed by atoms with Crippen LogP contribution in [0.1, 0.15) is 23.6 Å². The molecule has 0 saturated carbocycles. The van der Waals surface area contributed by atoms with Crippen molar-refractivity contribution >= 4 is 23.4 Å². The van der Waals surface area contributed by atoms with Crippen molar-refractivity contribution < 1.29 is 9.15 Å². The second-order valence-electron chi connectivity index (χ2n) is 4.88. The number of hydrogen-bond donors (Lipinski definition) is 0. The van der Waals surface area contributed by atoms with Gasteiger partial charge in [0.05, 0.1) is 0 Å². The lowest BCUT2D eigenvalue weighted by Crippen LogP contribution is -1.95.